The Balaban J connectivity index is 2.15. The van der Waals surface area contributed by atoms with Gasteiger partial charge >= 0.3 is 5.97 Å². The molecule has 0 aliphatic heterocycles. The summed E-state index contributed by atoms with van der Waals surface area (Å²) in [5, 5.41) is 9.04. The van der Waals surface area contributed by atoms with Gasteiger partial charge in [-0.25, -0.2) is 4.79 Å². The van der Waals surface area contributed by atoms with Gasteiger partial charge in [-0.1, -0.05) is 23.7 Å². The highest BCUT2D eigenvalue weighted by molar-refractivity contribution is 6.30. The van der Waals surface area contributed by atoms with Gasteiger partial charge in [-0.3, -0.25) is 0 Å². The number of carbonyl (C=O) groups is 1. The van der Waals surface area contributed by atoms with Crippen molar-refractivity contribution in [1.82, 2.24) is 0 Å². The lowest BCUT2D eigenvalue weighted by molar-refractivity contribution is -0.142. The van der Waals surface area contributed by atoms with E-state index >= 15 is 0 Å². The van der Waals surface area contributed by atoms with Crippen LogP contribution in [-0.4, -0.2) is 24.3 Å². The third-order valence-electron chi connectivity index (χ3n) is 1.89. The van der Waals surface area contributed by atoms with Crippen LogP contribution in [0.5, 0.6) is 0 Å². The second kappa shape index (κ2) is 6.43. The standard InChI is InChI=1S/C11H13ClO3/c12-10-5-3-9(4-6-10)2-1-7-15-8-11(13)14/h3-6H,1-2,7-8H2,(H,13,14). The van der Waals surface area contributed by atoms with Crippen LogP contribution in [0.3, 0.4) is 0 Å². The van der Waals surface area contributed by atoms with Crippen LogP contribution in [0.2, 0.25) is 5.02 Å². The lowest BCUT2D eigenvalue weighted by Gasteiger charge is -2.02. The van der Waals surface area contributed by atoms with Gasteiger partial charge in [0.05, 0.1) is 0 Å². The molecular weight excluding hydrogens is 216 g/mol. The average Bonchev–Trinajstić information content (AvgIpc) is 2.20. The van der Waals surface area contributed by atoms with E-state index in [-0.39, 0.29) is 6.61 Å². The predicted molar refractivity (Wildman–Crippen MR) is 58.2 cm³/mol. The first-order valence-corrected chi connectivity index (χ1v) is 5.10. The van der Waals surface area contributed by atoms with Gasteiger partial charge in [0.15, 0.2) is 0 Å². The fraction of sp³-hybridized carbons (Fsp3) is 0.364. The van der Waals surface area contributed by atoms with E-state index in [1.807, 2.05) is 24.3 Å². The van der Waals surface area contributed by atoms with E-state index in [0.717, 1.165) is 17.9 Å². The van der Waals surface area contributed by atoms with Gasteiger partial charge in [0, 0.05) is 11.6 Å². The summed E-state index contributed by atoms with van der Waals surface area (Å²) in [4.78, 5) is 10.1. The minimum absolute atomic E-state index is 0.222. The van der Waals surface area contributed by atoms with Gasteiger partial charge in [-0.2, -0.15) is 0 Å². The minimum atomic E-state index is -0.929. The molecule has 1 aromatic carbocycles. The molecule has 4 heteroatoms. The van der Waals surface area contributed by atoms with Gasteiger partial charge in [-0.15, -0.1) is 0 Å². The molecule has 0 saturated heterocycles. The smallest absolute Gasteiger partial charge is 0.329 e. The molecule has 0 fully saturated rings. The van der Waals surface area contributed by atoms with E-state index < -0.39 is 5.97 Å². The number of carboxylic acids is 1. The molecule has 0 amide bonds. The first-order valence-electron chi connectivity index (χ1n) is 4.72. The third-order valence-corrected chi connectivity index (χ3v) is 2.14. The van der Waals surface area contributed by atoms with Crippen molar-refractivity contribution in [3.63, 3.8) is 0 Å². The van der Waals surface area contributed by atoms with E-state index in [1.54, 1.807) is 0 Å². The monoisotopic (exact) mass is 228 g/mol. The molecule has 1 aromatic rings. The Kier molecular flexibility index (Phi) is 5.15. The molecule has 1 N–H and O–H groups in total. The summed E-state index contributed by atoms with van der Waals surface area (Å²) in [6.07, 6.45) is 1.69. The summed E-state index contributed by atoms with van der Waals surface area (Å²) in [6, 6.07) is 7.60. The lowest BCUT2D eigenvalue weighted by atomic mass is 10.1. The number of hydrogen-bond donors (Lipinski definition) is 1. The van der Waals surface area contributed by atoms with Gasteiger partial charge in [0.25, 0.3) is 0 Å². The fourth-order valence-corrected chi connectivity index (χ4v) is 1.31. The number of aryl methyl sites for hydroxylation is 1. The Morgan fingerprint density at radius 1 is 1.33 bits per heavy atom. The zero-order chi connectivity index (χ0) is 11.1. The van der Waals surface area contributed by atoms with Gasteiger partial charge < -0.3 is 9.84 Å². The molecule has 0 bridgehead atoms. The van der Waals surface area contributed by atoms with Crippen molar-refractivity contribution in [2.75, 3.05) is 13.2 Å². The maximum atomic E-state index is 10.1. The van der Waals surface area contributed by atoms with Gasteiger partial charge in [0.2, 0.25) is 0 Å². The Labute approximate surface area is 93.6 Å². The van der Waals surface area contributed by atoms with Crippen LogP contribution in [0.15, 0.2) is 24.3 Å². The first kappa shape index (κ1) is 12.0. The van der Waals surface area contributed by atoms with E-state index in [1.165, 1.54) is 5.56 Å². The molecule has 15 heavy (non-hydrogen) atoms. The molecule has 0 spiro atoms. The molecule has 0 aliphatic carbocycles. The summed E-state index contributed by atoms with van der Waals surface area (Å²) >= 11 is 5.74. The number of ether oxygens (including phenoxy) is 1. The highest BCUT2D eigenvalue weighted by Gasteiger charge is 1.97. The van der Waals surface area contributed by atoms with Crippen LogP contribution in [0.25, 0.3) is 0 Å². The maximum absolute atomic E-state index is 10.1. The third kappa shape index (κ3) is 5.40. The SMILES string of the molecule is O=C(O)COCCCc1ccc(Cl)cc1. The summed E-state index contributed by atoms with van der Waals surface area (Å²) in [5.41, 5.74) is 1.18. The van der Waals surface area contributed by atoms with Crippen LogP contribution < -0.4 is 0 Å². The molecule has 3 nitrogen and oxygen atoms in total. The molecule has 82 valence electrons. The van der Waals surface area contributed by atoms with Crippen LogP contribution in [0, 0.1) is 0 Å². The topological polar surface area (TPSA) is 46.5 Å². The Morgan fingerprint density at radius 3 is 2.60 bits per heavy atom. The number of hydrogen-bond acceptors (Lipinski definition) is 2. The van der Waals surface area contributed by atoms with Crippen molar-refractivity contribution < 1.29 is 14.6 Å². The van der Waals surface area contributed by atoms with E-state index in [9.17, 15) is 4.79 Å². The summed E-state index contributed by atoms with van der Waals surface area (Å²) in [5.74, 6) is -0.929. The maximum Gasteiger partial charge on any atom is 0.329 e. The quantitative estimate of drug-likeness (QED) is 0.761. The average molecular weight is 229 g/mol. The molecule has 0 atom stereocenters. The largest absolute Gasteiger partial charge is 0.480 e. The summed E-state index contributed by atoms with van der Waals surface area (Å²) in [7, 11) is 0. The summed E-state index contributed by atoms with van der Waals surface area (Å²) < 4.78 is 4.91. The Bertz CT molecular complexity index is 308. The fourth-order valence-electron chi connectivity index (χ4n) is 1.19. The van der Waals surface area contributed by atoms with E-state index in [2.05, 4.69) is 0 Å². The van der Waals surface area contributed by atoms with Crippen LogP contribution in [-0.2, 0) is 16.0 Å². The van der Waals surface area contributed by atoms with Crippen molar-refractivity contribution in [3.8, 4) is 0 Å². The number of benzene rings is 1. The molecule has 0 aromatic heterocycles. The number of rotatable bonds is 6. The number of carboxylic acid groups (broad SMARTS) is 1. The van der Waals surface area contributed by atoms with Crippen molar-refractivity contribution in [2.24, 2.45) is 0 Å². The zero-order valence-electron chi connectivity index (χ0n) is 8.28. The molecule has 0 unspecified atom stereocenters. The minimum Gasteiger partial charge on any atom is -0.480 e. The highest BCUT2D eigenvalue weighted by atomic mass is 35.5. The molecule has 0 heterocycles. The molecule has 0 aliphatic rings. The number of aliphatic carboxylic acids is 1. The highest BCUT2D eigenvalue weighted by Crippen LogP contribution is 2.10. The van der Waals surface area contributed by atoms with E-state index in [0.29, 0.717) is 6.61 Å². The second-order valence-corrected chi connectivity index (χ2v) is 3.61. The normalized spacial score (nSPS) is 10.2. The predicted octanol–water partition coefficient (Wildman–Crippen LogP) is 2.37. The second-order valence-electron chi connectivity index (χ2n) is 3.18. The van der Waals surface area contributed by atoms with E-state index in [4.69, 9.17) is 21.4 Å². The number of halogens is 1. The molecule has 0 radical (unpaired) electrons. The van der Waals surface area contributed by atoms with Crippen molar-refractivity contribution >= 4 is 17.6 Å². The molecule has 1 rings (SSSR count). The van der Waals surface area contributed by atoms with Gasteiger partial charge in [0.1, 0.15) is 6.61 Å². The lowest BCUT2D eigenvalue weighted by Crippen LogP contribution is -2.08. The van der Waals surface area contributed by atoms with Crippen LogP contribution >= 0.6 is 11.6 Å². The zero-order valence-corrected chi connectivity index (χ0v) is 9.04. The molecular formula is C11H13ClO3. The first-order chi connectivity index (χ1) is 7.18. The summed E-state index contributed by atoms with van der Waals surface area (Å²) in [6.45, 7) is 0.246. The van der Waals surface area contributed by atoms with Gasteiger partial charge in [-0.05, 0) is 30.5 Å². The van der Waals surface area contributed by atoms with Crippen LogP contribution in [0.4, 0.5) is 0 Å². The molecule has 0 saturated carbocycles. The Morgan fingerprint density at radius 2 is 2.00 bits per heavy atom. The van der Waals surface area contributed by atoms with Crippen molar-refractivity contribution in [2.45, 2.75) is 12.8 Å². The van der Waals surface area contributed by atoms with Crippen molar-refractivity contribution in [3.05, 3.63) is 34.9 Å². The van der Waals surface area contributed by atoms with Crippen molar-refractivity contribution in [1.29, 1.82) is 0 Å². The Hall–Kier alpha value is -1.06. The van der Waals surface area contributed by atoms with Crippen LogP contribution in [0.1, 0.15) is 12.0 Å².